The summed E-state index contributed by atoms with van der Waals surface area (Å²) in [5, 5.41) is 4.30. The summed E-state index contributed by atoms with van der Waals surface area (Å²) in [6, 6.07) is 11.0. The lowest BCUT2D eigenvalue weighted by molar-refractivity contribution is 0.0299. The van der Waals surface area contributed by atoms with Crippen molar-refractivity contribution in [3.05, 3.63) is 58.6 Å². The van der Waals surface area contributed by atoms with E-state index in [4.69, 9.17) is 4.74 Å². The highest BCUT2D eigenvalue weighted by Crippen LogP contribution is 2.16. The number of nitrogens with zero attached hydrogens (tertiary/aromatic N) is 3. The van der Waals surface area contributed by atoms with E-state index in [1.165, 1.54) is 10.6 Å². The summed E-state index contributed by atoms with van der Waals surface area (Å²) in [5.41, 5.74) is 1.89. The van der Waals surface area contributed by atoms with Crippen LogP contribution in [-0.4, -0.2) is 51.7 Å². The molecule has 7 nitrogen and oxygen atoms in total. The predicted molar refractivity (Wildman–Crippen MR) is 88.0 cm³/mol. The first-order valence-corrected chi connectivity index (χ1v) is 7.77. The summed E-state index contributed by atoms with van der Waals surface area (Å²) in [6.45, 7) is 2.13. The Balaban J connectivity index is 1.74. The zero-order valence-electron chi connectivity index (χ0n) is 12.9. The lowest BCUT2D eigenvalue weighted by Crippen LogP contribution is -2.40. The fourth-order valence-corrected chi connectivity index (χ4v) is 2.80. The molecule has 0 radical (unpaired) electrons. The van der Waals surface area contributed by atoms with Gasteiger partial charge in [0, 0.05) is 19.2 Å². The van der Waals surface area contributed by atoms with E-state index < -0.39 is 0 Å². The number of hydrogen-bond acceptors (Lipinski definition) is 4. The number of fused-ring (bicyclic) bond motifs is 1. The number of benzene rings is 1. The Labute approximate surface area is 137 Å². The van der Waals surface area contributed by atoms with E-state index in [-0.39, 0.29) is 17.2 Å². The first-order chi connectivity index (χ1) is 11.7. The molecular formula is C17H16N4O3. The third kappa shape index (κ3) is 2.59. The van der Waals surface area contributed by atoms with Crippen LogP contribution in [0.3, 0.4) is 0 Å². The number of carbonyl (C=O) groups is 1. The third-order valence-electron chi connectivity index (χ3n) is 4.07. The van der Waals surface area contributed by atoms with Crippen LogP contribution in [0.1, 0.15) is 10.5 Å². The van der Waals surface area contributed by atoms with Crippen molar-refractivity contribution in [2.75, 3.05) is 26.3 Å². The van der Waals surface area contributed by atoms with Gasteiger partial charge in [0.1, 0.15) is 5.52 Å². The fraction of sp³-hybridized carbons (Fsp3) is 0.235. The molecule has 0 atom stereocenters. The van der Waals surface area contributed by atoms with Crippen LogP contribution in [0.15, 0.2) is 47.4 Å². The molecular weight excluding hydrogens is 308 g/mol. The topological polar surface area (TPSA) is 79.7 Å². The van der Waals surface area contributed by atoms with E-state index >= 15 is 0 Å². The van der Waals surface area contributed by atoms with E-state index in [2.05, 4.69) is 10.1 Å². The highest BCUT2D eigenvalue weighted by atomic mass is 16.5. The van der Waals surface area contributed by atoms with E-state index in [0.717, 1.165) is 5.56 Å². The number of ether oxygens (including phenoxy) is 1. The van der Waals surface area contributed by atoms with Crippen molar-refractivity contribution in [2.24, 2.45) is 0 Å². The Morgan fingerprint density at radius 1 is 1.17 bits per heavy atom. The molecule has 1 aromatic carbocycles. The maximum Gasteiger partial charge on any atom is 0.274 e. The van der Waals surface area contributed by atoms with Gasteiger partial charge in [0.25, 0.3) is 11.5 Å². The number of morpholine rings is 1. The molecule has 3 aromatic rings. The van der Waals surface area contributed by atoms with Gasteiger partial charge in [0.05, 0.1) is 25.1 Å². The summed E-state index contributed by atoms with van der Waals surface area (Å²) in [6.07, 6.45) is 1.72. The summed E-state index contributed by atoms with van der Waals surface area (Å²) < 4.78 is 6.72. The number of amides is 1. The third-order valence-corrected chi connectivity index (χ3v) is 4.07. The van der Waals surface area contributed by atoms with Crippen LogP contribution in [0.2, 0.25) is 0 Å². The van der Waals surface area contributed by atoms with Gasteiger partial charge >= 0.3 is 0 Å². The molecule has 122 valence electrons. The molecule has 0 bridgehead atoms. The van der Waals surface area contributed by atoms with Crippen molar-refractivity contribution in [1.29, 1.82) is 0 Å². The molecule has 0 unspecified atom stereocenters. The molecule has 1 N–H and O–H groups in total. The van der Waals surface area contributed by atoms with E-state index in [1.807, 2.05) is 30.3 Å². The minimum atomic E-state index is -0.273. The van der Waals surface area contributed by atoms with E-state index in [0.29, 0.717) is 37.5 Å². The predicted octanol–water partition coefficient (Wildman–Crippen LogP) is 1.16. The van der Waals surface area contributed by atoms with Gasteiger partial charge in [0.15, 0.2) is 5.69 Å². The number of nitrogens with one attached hydrogen (secondary N) is 1. The van der Waals surface area contributed by atoms with Crippen molar-refractivity contribution in [2.45, 2.75) is 0 Å². The molecule has 1 fully saturated rings. The van der Waals surface area contributed by atoms with Crippen molar-refractivity contribution < 1.29 is 9.53 Å². The summed E-state index contributed by atoms with van der Waals surface area (Å²) in [7, 11) is 0. The molecule has 0 saturated carbocycles. The molecule has 4 rings (SSSR count). The second kappa shape index (κ2) is 5.93. The molecule has 0 aliphatic carbocycles. The summed E-state index contributed by atoms with van der Waals surface area (Å²) in [5.74, 6) is -0.178. The number of H-pyrrole nitrogens is 1. The summed E-state index contributed by atoms with van der Waals surface area (Å²) in [4.78, 5) is 29.4. The van der Waals surface area contributed by atoms with Crippen LogP contribution < -0.4 is 5.56 Å². The minimum absolute atomic E-state index is 0.178. The number of carbonyl (C=O) groups excluding carboxylic acids is 1. The molecule has 24 heavy (non-hydrogen) atoms. The highest BCUT2D eigenvalue weighted by Gasteiger charge is 2.21. The van der Waals surface area contributed by atoms with Gasteiger partial charge in [-0.05, 0) is 5.56 Å². The van der Waals surface area contributed by atoms with Gasteiger partial charge in [0.2, 0.25) is 0 Å². The van der Waals surface area contributed by atoms with Crippen molar-refractivity contribution in [3.8, 4) is 11.3 Å². The maximum absolute atomic E-state index is 12.5. The van der Waals surface area contributed by atoms with Gasteiger partial charge in [-0.2, -0.15) is 5.10 Å². The Bertz CT molecular complexity index is 939. The SMILES string of the molecule is O=C(c1cc2c(=O)[nH]c(-c3ccccc3)cn2n1)N1CCOCC1. The second-order valence-corrected chi connectivity index (χ2v) is 5.63. The van der Waals surface area contributed by atoms with Crippen LogP contribution in [0.4, 0.5) is 0 Å². The lowest BCUT2D eigenvalue weighted by atomic mass is 10.2. The fourth-order valence-electron chi connectivity index (χ4n) is 2.80. The largest absolute Gasteiger partial charge is 0.378 e. The monoisotopic (exact) mass is 324 g/mol. The van der Waals surface area contributed by atoms with Crippen LogP contribution in [-0.2, 0) is 4.74 Å². The Hall–Kier alpha value is -2.93. The Kier molecular flexibility index (Phi) is 3.62. The molecule has 2 aromatic heterocycles. The van der Waals surface area contributed by atoms with Crippen molar-refractivity contribution >= 4 is 11.4 Å². The molecule has 1 saturated heterocycles. The van der Waals surface area contributed by atoms with Gasteiger partial charge in [-0.25, -0.2) is 4.52 Å². The molecule has 7 heteroatoms. The molecule has 1 amide bonds. The van der Waals surface area contributed by atoms with Crippen LogP contribution in [0.25, 0.3) is 16.8 Å². The van der Waals surface area contributed by atoms with Crippen LogP contribution in [0, 0.1) is 0 Å². The van der Waals surface area contributed by atoms with Gasteiger partial charge < -0.3 is 14.6 Å². The average molecular weight is 324 g/mol. The first kappa shape index (κ1) is 14.6. The van der Waals surface area contributed by atoms with Crippen molar-refractivity contribution in [3.63, 3.8) is 0 Å². The molecule has 1 aliphatic rings. The zero-order chi connectivity index (χ0) is 16.5. The Morgan fingerprint density at radius 2 is 1.92 bits per heavy atom. The summed E-state index contributed by atoms with van der Waals surface area (Å²) >= 11 is 0. The molecule has 3 heterocycles. The Morgan fingerprint density at radius 3 is 2.67 bits per heavy atom. The minimum Gasteiger partial charge on any atom is -0.378 e. The highest BCUT2D eigenvalue weighted by molar-refractivity contribution is 5.93. The number of aromatic amines is 1. The average Bonchev–Trinajstić information content (AvgIpc) is 3.07. The maximum atomic E-state index is 12.5. The number of hydrogen-bond donors (Lipinski definition) is 1. The van der Waals surface area contributed by atoms with Crippen LogP contribution in [0.5, 0.6) is 0 Å². The second-order valence-electron chi connectivity index (χ2n) is 5.63. The molecule has 1 aliphatic heterocycles. The first-order valence-electron chi connectivity index (χ1n) is 7.77. The van der Waals surface area contributed by atoms with Gasteiger partial charge in [-0.15, -0.1) is 0 Å². The van der Waals surface area contributed by atoms with E-state index in [1.54, 1.807) is 11.1 Å². The number of aromatic nitrogens is 3. The van der Waals surface area contributed by atoms with Crippen LogP contribution >= 0.6 is 0 Å². The van der Waals surface area contributed by atoms with Gasteiger partial charge in [-0.3, -0.25) is 9.59 Å². The standard InChI is InChI=1S/C17H16N4O3/c22-16-15-10-13(17(23)20-6-8-24-9-7-20)19-21(15)11-14(18-16)12-4-2-1-3-5-12/h1-5,10-11H,6-9H2,(H,18,22). The number of rotatable bonds is 2. The van der Waals surface area contributed by atoms with Gasteiger partial charge in [-0.1, -0.05) is 30.3 Å². The molecule has 0 spiro atoms. The van der Waals surface area contributed by atoms with E-state index in [9.17, 15) is 9.59 Å². The van der Waals surface area contributed by atoms with Crippen molar-refractivity contribution in [1.82, 2.24) is 19.5 Å². The lowest BCUT2D eigenvalue weighted by Gasteiger charge is -2.25. The quantitative estimate of drug-likeness (QED) is 0.767. The normalized spacial score (nSPS) is 14.9. The smallest absolute Gasteiger partial charge is 0.274 e. The zero-order valence-corrected chi connectivity index (χ0v) is 12.9.